The van der Waals surface area contributed by atoms with Crippen molar-refractivity contribution in [1.29, 1.82) is 0 Å². The van der Waals surface area contributed by atoms with Crippen molar-refractivity contribution in [2.75, 3.05) is 11.6 Å². The van der Waals surface area contributed by atoms with Crippen molar-refractivity contribution in [1.82, 2.24) is 10.2 Å². The number of benzene rings is 1. The summed E-state index contributed by atoms with van der Waals surface area (Å²) in [5, 5.41) is 10.7. The molecule has 8 heteroatoms. The lowest BCUT2D eigenvalue weighted by atomic mass is 10.0. The van der Waals surface area contributed by atoms with Gasteiger partial charge in [0.25, 0.3) is 5.91 Å². The van der Waals surface area contributed by atoms with Crippen molar-refractivity contribution in [3.63, 3.8) is 0 Å². The number of hydrogen-bond donors (Lipinski definition) is 1. The van der Waals surface area contributed by atoms with E-state index in [4.69, 9.17) is 4.42 Å². The van der Waals surface area contributed by atoms with Crippen molar-refractivity contribution < 1.29 is 9.21 Å². The summed E-state index contributed by atoms with van der Waals surface area (Å²) in [5.41, 5.74) is 1.95. The molecule has 0 radical (unpaired) electrons. The van der Waals surface area contributed by atoms with E-state index in [0.29, 0.717) is 10.7 Å². The zero-order valence-corrected chi connectivity index (χ0v) is 14.5. The monoisotopic (exact) mass is 359 g/mol. The molecule has 6 nitrogen and oxygen atoms in total. The number of thioether (sulfide) groups is 1. The number of amides is 1. The average molecular weight is 359 g/mol. The van der Waals surface area contributed by atoms with Crippen LogP contribution in [0.25, 0.3) is 11.1 Å². The SMILES string of the molecule is CSc1nnc(NC(=O)c2cc(-c3cccc(C)c3)cc(=O)o2)s1. The second kappa shape index (κ2) is 6.98. The van der Waals surface area contributed by atoms with Gasteiger partial charge in [-0.2, -0.15) is 0 Å². The minimum Gasteiger partial charge on any atom is -0.417 e. The Morgan fingerprint density at radius 2 is 2.04 bits per heavy atom. The molecule has 3 rings (SSSR count). The Morgan fingerprint density at radius 1 is 1.21 bits per heavy atom. The van der Waals surface area contributed by atoms with Crippen LogP contribution >= 0.6 is 23.1 Å². The number of carbonyl (C=O) groups is 1. The Kier molecular flexibility index (Phi) is 4.77. The fraction of sp³-hybridized carbons (Fsp3) is 0.125. The van der Waals surface area contributed by atoms with Crippen LogP contribution in [0.2, 0.25) is 0 Å². The number of nitrogens with one attached hydrogen (secondary N) is 1. The van der Waals surface area contributed by atoms with E-state index in [1.54, 1.807) is 6.07 Å². The second-order valence-electron chi connectivity index (χ2n) is 4.93. The van der Waals surface area contributed by atoms with Crippen LogP contribution < -0.4 is 10.9 Å². The van der Waals surface area contributed by atoms with Gasteiger partial charge in [0.1, 0.15) is 0 Å². The van der Waals surface area contributed by atoms with Crippen LogP contribution in [-0.4, -0.2) is 22.4 Å². The van der Waals surface area contributed by atoms with E-state index in [1.165, 1.54) is 29.2 Å². The van der Waals surface area contributed by atoms with Crippen LogP contribution in [0.1, 0.15) is 16.1 Å². The molecule has 1 amide bonds. The number of aryl methyl sites for hydroxylation is 1. The summed E-state index contributed by atoms with van der Waals surface area (Å²) >= 11 is 2.69. The molecule has 1 N–H and O–H groups in total. The highest BCUT2D eigenvalue weighted by Gasteiger charge is 2.14. The summed E-state index contributed by atoms with van der Waals surface area (Å²) in [6.07, 6.45) is 1.87. The maximum Gasteiger partial charge on any atom is 0.336 e. The molecule has 0 bridgehead atoms. The van der Waals surface area contributed by atoms with Crippen molar-refractivity contribution in [2.45, 2.75) is 11.3 Å². The van der Waals surface area contributed by atoms with Crippen molar-refractivity contribution in [3.05, 3.63) is 58.1 Å². The lowest BCUT2D eigenvalue weighted by molar-refractivity contribution is 0.0992. The largest absolute Gasteiger partial charge is 0.417 e. The van der Waals surface area contributed by atoms with Gasteiger partial charge >= 0.3 is 5.63 Å². The molecular formula is C16H13N3O3S2. The summed E-state index contributed by atoms with van der Waals surface area (Å²) in [5.74, 6) is -0.606. The first-order chi connectivity index (χ1) is 11.5. The van der Waals surface area contributed by atoms with Crippen molar-refractivity contribution in [2.24, 2.45) is 0 Å². The summed E-state index contributed by atoms with van der Waals surface area (Å²) in [4.78, 5) is 24.1. The molecule has 0 aliphatic carbocycles. The third kappa shape index (κ3) is 3.72. The first kappa shape index (κ1) is 16.4. The van der Waals surface area contributed by atoms with Crippen LogP contribution in [0.5, 0.6) is 0 Å². The highest BCUT2D eigenvalue weighted by Crippen LogP contribution is 2.24. The van der Waals surface area contributed by atoms with E-state index < -0.39 is 11.5 Å². The predicted molar refractivity (Wildman–Crippen MR) is 94.8 cm³/mol. The standard InChI is InChI=1S/C16H13N3O3S2/c1-9-4-3-5-10(6-9)11-7-12(22-13(20)8-11)14(21)17-15-18-19-16(23-2)24-15/h3-8H,1-2H3,(H,17,18,21). The Hall–Kier alpha value is -2.45. The second-order valence-corrected chi connectivity index (χ2v) is 6.96. The topological polar surface area (TPSA) is 85.1 Å². The van der Waals surface area contributed by atoms with Crippen molar-refractivity contribution in [3.8, 4) is 11.1 Å². The number of rotatable bonds is 4. The van der Waals surface area contributed by atoms with Gasteiger partial charge in [0, 0.05) is 6.07 Å². The van der Waals surface area contributed by atoms with Gasteiger partial charge in [-0.25, -0.2) is 4.79 Å². The van der Waals surface area contributed by atoms with Gasteiger partial charge in [-0.05, 0) is 30.4 Å². The molecule has 0 aliphatic heterocycles. The van der Waals surface area contributed by atoms with Crippen LogP contribution in [0.15, 0.2) is 49.9 Å². The van der Waals surface area contributed by atoms with E-state index in [9.17, 15) is 9.59 Å². The first-order valence-corrected chi connectivity index (χ1v) is 9.00. The summed E-state index contributed by atoms with van der Waals surface area (Å²) in [6.45, 7) is 1.96. The molecular weight excluding hydrogens is 346 g/mol. The third-order valence-electron chi connectivity index (χ3n) is 3.15. The summed E-state index contributed by atoms with van der Waals surface area (Å²) in [6, 6.07) is 10.6. The molecule has 2 aromatic heterocycles. The Labute approximate surface area is 145 Å². The molecule has 3 aromatic rings. The molecule has 1 aromatic carbocycles. The summed E-state index contributed by atoms with van der Waals surface area (Å²) < 4.78 is 5.76. The lowest BCUT2D eigenvalue weighted by Gasteiger charge is -2.05. The molecule has 2 heterocycles. The maximum atomic E-state index is 12.3. The number of carbonyl (C=O) groups excluding carboxylic acids is 1. The Morgan fingerprint density at radius 3 is 2.75 bits per heavy atom. The molecule has 0 saturated carbocycles. The molecule has 0 atom stereocenters. The van der Waals surface area contributed by atoms with E-state index in [0.717, 1.165) is 15.5 Å². The van der Waals surface area contributed by atoms with Crippen LogP contribution in [0.3, 0.4) is 0 Å². The van der Waals surface area contributed by atoms with E-state index in [1.807, 2.05) is 37.4 Å². The lowest BCUT2D eigenvalue weighted by Crippen LogP contribution is -2.14. The van der Waals surface area contributed by atoms with Gasteiger partial charge in [0.2, 0.25) is 5.13 Å². The van der Waals surface area contributed by atoms with Gasteiger partial charge in [0.15, 0.2) is 10.1 Å². The fourth-order valence-corrected chi connectivity index (χ4v) is 3.25. The highest BCUT2D eigenvalue weighted by atomic mass is 32.2. The zero-order valence-electron chi connectivity index (χ0n) is 12.9. The van der Waals surface area contributed by atoms with Gasteiger partial charge in [-0.15, -0.1) is 10.2 Å². The molecule has 122 valence electrons. The molecule has 0 spiro atoms. The Balaban J connectivity index is 1.90. The van der Waals surface area contributed by atoms with E-state index in [-0.39, 0.29) is 5.76 Å². The highest BCUT2D eigenvalue weighted by molar-refractivity contribution is 8.00. The summed E-state index contributed by atoms with van der Waals surface area (Å²) in [7, 11) is 0. The van der Waals surface area contributed by atoms with Gasteiger partial charge in [0.05, 0.1) is 0 Å². The van der Waals surface area contributed by atoms with E-state index in [2.05, 4.69) is 15.5 Å². The van der Waals surface area contributed by atoms with Gasteiger partial charge in [-0.1, -0.05) is 52.9 Å². The zero-order chi connectivity index (χ0) is 17.1. The van der Waals surface area contributed by atoms with Gasteiger partial charge < -0.3 is 4.42 Å². The van der Waals surface area contributed by atoms with Crippen molar-refractivity contribution >= 4 is 34.1 Å². The van der Waals surface area contributed by atoms with Crippen LogP contribution in [-0.2, 0) is 0 Å². The van der Waals surface area contributed by atoms with E-state index >= 15 is 0 Å². The Bertz CT molecular complexity index is 949. The molecule has 0 saturated heterocycles. The normalized spacial score (nSPS) is 10.6. The fourth-order valence-electron chi connectivity index (χ4n) is 2.08. The third-order valence-corrected chi connectivity index (χ3v) is 4.96. The average Bonchev–Trinajstić information content (AvgIpc) is 3.02. The maximum absolute atomic E-state index is 12.3. The smallest absolute Gasteiger partial charge is 0.336 e. The minimum atomic E-state index is -0.582. The quantitative estimate of drug-likeness (QED) is 0.567. The van der Waals surface area contributed by atoms with Crippen LogP contribution in [0.4, 0.5) is 5.13 Å². The number of anilines is 1. The first-order valence-electron chi connectivity index (χ1n) is 6.96. The molecule has 0 unspecified atom stereocenters. The minimum absolute atomic E-state index is 0.0695. The number of nitrogens with zero attached hydrogens (tertiary/aromatic N) is 2. The molecule has 24 heavy (non-hydrogen) atoms. The molecule has 0 fully saturated rings. The number of aromatic nitrogens is 2. The van der Waals surface area contributed by atoms with Crippen LogP contribution in [0, 0.1) is 6.92 Å². The number of hydrogen-bond acceptors (Lipinski definition) is 7. The van der Waals surface area contributed by atoms with Gasteiger partial charge in [-0.3, -0.25) is 10.1 Å². The predicted octanol–water partition coefficient (Wildman–Crippen LogP) is 3.44. The molecule has 0 aliphatic rings.